The number of hydrogen-bond acceptors (Lipinski definition) is 2. The largest absolute Gasteiger partial charge is 0.389 e. The predicted octanol–water partition coefficient (Wildman–Crippen LogP) is 2.84. The molecule has 1 N–H and O–H groups in total. The normalized spacial score (nSPS) is 10.7. The smallest absolute Gasteiger partial charge is 0.326 e. The molecule has 0 unspecified atom stereocenters. The average molecular weight is 242 g/mol. The fourth-order valence-corrected chi connectivity index (χ4v) is 1.15. The van der Waals surface area contributed by atoms with Crippen molar-refractivity contribution >= 4 is 11.6 Å². The van der Waals surface area contributed by atoms with Gasteiger partial charge in [-0.25, -0.2) is 0 Å². The SMILES string of the molecule is N#Cc1cccc(NC(=O)CCC(F)(F)F)c1. The van der Waals surface area contributed by atoms with Crippen LogP contribution in [-0.4, -0.2) is 12.1 Å². The summed E-state index contributed by atoms with van der Waals surface area (Å²) in [6.07, 6.45) is -6.12. The molecule has 6 heteroatoms. The lowest BCUT2D eigenvalue weighted by molar-refractivity contribution is -0.142. The van der Waals surface area contributed by atoms with E-state index in [-0.39, 0.29) is 0 Å². The van der Waals surface area contributed by atoms with Crippen molar-refractivity contribution in [3.05, 3.63) is 29.8 Å². The highest BCUT2D eigenvalue weighted by atomic mass is 19.4. The number of anilines is 1. The molecular weight excluding hydrogens is 233 g/mol. The minimum absolute atomic E-state index is 0.316. The molecule has 1 aromatic carbocycles. The molecule has 3 nitrogen and oxygen atoms in total. The summed E-state index contributed by atoms with van der Waals surface area (Å²) < 4.78 is 35.6. The molecule has 0 aliphatic heterocycles. The third kappa shape index (κ3) is 5.02. The first-order chi connectivity index (χ1) is 7.90. The van der Waals surface area contributed by atoms with Gasteiger partial charge >= 0.3 is 6.18 Å². The number of alkyl halides is 3. The summed E-state index contributed by atoms with van der Waals surface area (Å²) in [6.45, 7) is 0. The van der Waals surface area contributed by atoms with Crippen LogP contribution in [0.4, 0.5) is 18.9 Å². The van der Waals surface area contributed by atoms with Gasteiger partial charge < -0.3 is 5.32 Å². The Morgan fingerprint density at radius 2 is 2.12 bits per heavy atom. The first-order valence-corrected chi connectivity index (χ1v) is 4.77. The molecule has 17 heavy (non-hydrogen) atoms. The highest BCUT2D eigenvalue weighted by Crippen LogP contribution is 2.21. The number of nitriles is 1. The van der Waals surface area contributed by atoms with E-state index in [0.29, 0.717) is 11.3 Å². The van der Waals surface area contributed by atoms with Crippen molar-refractivity contribution in [3.63, 3.8) is 0 Å². The fourth-order valence-electron chi connectivity index (χ4n) is 1.15. The van der Waals surface area contributed by atoms with Gasteiger partial charge in [-0.15, -0.1) is 0 Å². The van der Waals surface area contributed by atoms with Crippen LogP contribution >= 0.6 is 0 Å². The first-order valence-electron chi connectivity index (χ1n) is 4.77. The Morgan fingerprint density at radius 1 is 1.41 bits per heavy atom. The topological polar surface area (TPSA) is 52.9 Å². The molecule has 0 heterocycles. The van der Waals surface area contributed by atoms with Gasteiger partial charge in [0.05, 0.1) is 18.1 Å². The van der Waals surface area contributed by atoms with Crippen LogP contribution in [0.5, 0.6) is 0 Å². The number of carbonyl (C=O) groups excluding carboxylic acids is 1. The van der Waals surface area contributed by atoms with Gasteiger partial charge in [0, 0.05) is 12.1 Å². The molecule has 0 aromatic heterocycles. The highest BCUT2D eigenvalue weighted by Gasteiger charge is 2.27. The Morgan fingerprint density at radius 3 is 2.71 bits per heavy atom. The minimum atomic E-state index is -4.34. The Kier molecular flexibility index (Phi) is 4.10. The number of halogens is 3. The van der Waals surface area contributed by atoms with E-state index >= 15 is 0 Å². The van der Waals surface area contributed by atoms with Crippen molar-refractivity contribution < 1.29 is 18.0 Å². The highest BCUT2D eigenvalue weighted by molar-refractivity contribution is 5.90. The molecule has 0 bridgehead atoms. The maximum Gasteiger partial charge on any atom is 0.389 e. The van der Waals surface area contributed by atoms with Gasteiger partial charge in [0.25, 0.3) is 0 Å². The van der Waals surface area contributed by atoms with E-state index in [4.69, 9.17) is 5.26 Å². The maximum absolute atomic E-state index is 11.9. The van der Waals surface area contributed by atoms with E-state index in [2.05, 4.69) is 5.32 Å². The van der Waals surface area contributed by atoms with Gasteiger partial charge in [-0.3, -0.25) is 4.79 Å². The number of benzene rings is 1. The van der Waals surface area contributed by atoms with Gasteiger partial charge in [-0.1, -0.05) is 6.07 Å². The number of hydrogen-bond donors (Lipinski definition) is 1. The quantitative estimate of drug-likeness (QED) is 0.886. The summed E-state index contributed by atoms with van der Waals surface area (Å²) in [4.78, 5) is 11.2. The van der Waals surface area contributed by atoms with Gasteiger partial charge in [-0.2, -0.15) is 18.4 Å². The van der Waals surface area contributed by atoms with E-state index in [1.54, 1.807) is 0 Å². The number of rotatable bonds is 3. The monoisotopic (exact) mass is 242 g/mol. The molecule has 0 aliphatic rings. The molecule has 90 valence electrons. The van der Waals surface area contributed by atoms with Crippen LogP contribution in [-0.2, 0) is 4.79 Å². The second kappa shape index (κ2) is 5.34. The predicted molar refractivity (Wildman–Crippen MR) is 55.1 cm³/mol. The number of carbonyl (C=O) groups is 1. The minimum Gasteiger partial charge on any atom is -0.326 e. The molecule has 0 saturated carbocycles. The second-order valence-electron chi connectivity index (χ2n) is 3.36. The Labute approximate surface area is 95.9 Å². The summed E-state index contributed by atoms with van der Waals surface area (Å²) in [7, 11) is 0. The van der Waals surface area contributed by atoms with Crippen molar-refractivity contribution in [2.24, 2.45) is 0 Å². The number of nitrogens with one attached hydrogen (secondary N) is 1. The van der Waals surface area contributed by atoms with Crippen LogP contribution in [0.3, 0.4) is 0 Å². The molecule has 0 aliphatic carbocycles. The molecule has 0 radical (unpaired) electrons. The zero-order valence-corrected chi connectivity index (χ0v) is 8.71. The molecule has 0 atom stereocenters. The van der Waals surface area contributed by atoms with Crippen molar-refractivity contribution in [2.75, 3.05) is 5.32 Å². The van der Waals surface area contributed by atoms with E-state index in [9.17, 15) is 18.0 Å². The van der Waals surface area contributed by atoms with Crippen LogP contribution in [0.15, 0.2) is 24.3 Å². The van der Waals surface area contributed by atoms with Crippen molar-refractivity contribution in [1.29, 1.82) is 5.26 Å². The molecular formula is C11H9F3N2O. The Balaban J connectivity index is 2.54. The summed E-state index contributed by atoms with van der Waals surface area (Å²) in [5, 5.41) is 10.9. The van der Waals surface area contributed by atoms with E-state index in [0.717, 1.165) is 0 Å². The number of nitrogens with zero attached hydrogens (tertiary/aromatic N) is 1. The summed E-state index contributed by atoms with van der Waals surface area (Å²) >= 11 is 0. The molecule has 1 amide bonds. The second-order valence-corrected chi connectivity index (χ2v) is 3.36. The molecule has 0 saturated heterocycles. The zero-order valence-electron chi connectivity index (χ0n) is 8.71. The Bertz CT molecular complexity index is 449. The lowest BCUT2D eigenvalue weighted by atomic mass is 10.2. The zero-order chi connectivity index (χ0) is 12.9. The van der Waals surface area contributed by atoms with Crippen molar-refractivity contribution in [1.82, 2.24) is 0 Å². The first kappa shape index (κ1) is 13.0. The standard InChI is InChI=1S/C11H9F3N2O/c12-11(13,14)5-4-10(17)16-9-3-1-2-8(6-9)7-15/h1-3,6H,4-5H2,(H,16,17). The maximum atomic E-state index is 11.9. The van der Waals surface area contributed by atoms with Crippen LogP contribution in [0.2, 0.25) is 0 Å². The lowest BCUT2D eigenvalue weighted by Gasteiger charge is -2.07. The van der Waals surface area contributed by atoms with Crippen LogP contribution in [0.25, 0.3) is 0 Å². The third-order valence-electron chi connectivity index (χ3n) is 1.91. The van der Waals surface area contributed by atoms with Crippen LogP contribution < -0.4 is 5.32 Å². The van der Waals surface area contributed by atoms with Crippen molar-refractivity contribution in [2.45, 2.75) is 19.0 Å². The molecule has 1 rings (SSSR count). The summed E-state index contributed by atoms with van der Waals surface area (Å²) in [5.74, 6) is -0.725. The van der Waals surface area contributed by atoms with E-state index in [1.807, 2.05) is 6.07 Å². The lowest BCUT2D eigenvalue weighted by Crippen LogP contribution is -2.16. The third-order valence-corrected chi connectivity index (χ3v) is 1.91. The van der Waals surface area contributed by atoms with Gasteiger partial charge in [0.1, 0.15) is 0 Å². The summed E-state index contributed by atoms with van der Waals surface area (Å²) in [6, 6.07) is 7.84. The van der Waals surface area contributed by atoms with Gasteiger partial charge in [-0.05, 0) is 18.2 Å². The van der Waals surface area contributed by atoms with Gasteiger partial charge in [0.15, 0.2) is 0 Å². The Hall–Kier alpha value is -2.03. The molecule has 1 aromatic rings. The van der Waals surface area contributed by atoms with Crippen molar-refractivity contribution in [3.8, 4) is 6.07 Å². The van der Waals surface area contributed by atoms with Crippen LogP contribution in [0.1, 0.15) is 18.4 Å². The molecule has 0 fully saturated rings. The fraction of sp³-hybridized carbons (Fsp3) is 0.273. The summed E-state index contributed by atoms with van der Waals surface area (Å²) in [5.41, 5.74) is 0.648. The van der Waals surface area contributed by atoms with E-state index < -0.39 is 24.9 Å². The van der Waals surface area contributed by atoms with Crippen LogP contribution in [0, 0.1) is 11.3 Å². The van der Waals surface area contributed by atoms with Gasteiger partial charge in [0.2, 0.25) is 5.91 Å². The number of amides is 1. The average Bonchev–Trinajstić information content (AvgIpc) is 2.26. The molecule has 0 spiro atoms. The van der Waals surface area contributed by atoms with E-state index in [1.165, 1.54) is 24.3 Å².